The van der Waals surface area contributed by atoms with Gasteiger partial charge in [-0.2, -0.15) is 4.98 Å². The Morgan fingerprint density at radius 2 is 2.20 bits per heavy atom. The van der Waals surface area contributed by atoms with Crippen molar-refractivity contribution in [3.05, 3.63) is 11.7 Å². The minimum atomic E-state index is -0.245. The quantitative estimate of drug-likeness (QED) is 0.831. The number of nitrogens with one attached hydrogen (secondary N) is 1. The summed E-state index contributed by atoms with van der Waals surface area (Å²) in [6.07, 6.45) is 7.17. The molecule has 1 saturated carbocycles. The Kier molecular flexibility index (Phi) is 5.52. The van der Waals surface area contributed by atoms with Gasteiger partial charge >= 0.3 is 0 Å². The van der Waals surface area contributed by atoms with Gasteiger partial charge in [-0.25, -0.2) is 0 Å². The van der Waals surface area contributed by atoms with E-state index in [9.17, 15) is 4.79 Å². The highest BCUT2D eigenvalue weighted by Gasteiger charge is 2.23. The van der Waals surface area contributed by atoms with Crippen molar-refractivity contribution in [2.45, 2.75) is 63.8 Å². The third-order valence-corrected chi connectivity index (χ3v) is 3.78. The zero-order valence-electron chi connectivity index (χ0n) is 12.1. The largest absolute Gasteiger partial charge is 0.345 e. The van der Waals surface area contributed by atoms with Crippen LogP contribution in [0.5, 0.6) is 0 Å². The van der Waals surface area contributed by atoms with Crippen molar-refractivity contribution in [2.24, 2.45) is 5.73 Å². The molecular weight excluding hydrogens is 256 g/mol. The summed E-state index contributed by atoms with van der Waals surface area (Å²) in [6.45, 7) is 2.38. The molecule has 0 radical (unpaired) electrons. The van der Waals surface area contributed by atoms with Crippen LogP contribution in [0.1, 0.15) is 75.5 Å². The van der Waals surface area contributed by atoms with E-state index in [4.69, 9.17) is 10.3 Å². The molecule has 1 aliphatic carbocycles. The maximum Gasteiger partial charge on any atom is 0.248 e. The SMILES string of the molecule is CC(NC(=O)CCCN)c1nc(C2CCCCC2)no1. The van der Waals surface area contributed by atoms with E-state index in [0.29, 0.717) is 31.2 Å². The van der Waals surface area contributed by atoms with Gasteiger partial charge in [0.2, 0.25) is 11.8 Å². The highest BCUT2D eigenvalue weighted by molar-refractivity contribution is 5.76. The van der Waals surface area contributed by atoms with Crippen LogP contribution in [-0.2, 0) is 4.79 Å². The van der Waals surface area contributed by atoms with Gasteiger partial charge in [0.1, 0.15) is 6.04 Å². The molecule has 0 bridgehead atoms. The Bertz CT molecular complexity index is 427. The Hall–Kier alpha value is -1.43. The summed E-state index contributed by atoms with van der Waals surface area (Å²) in [4.78, 5) is 16.1. The summed E-state index contributed by atoms with van der Waals surface area (Å²) in [5, 5.41) is 6.93. The fourth-order valence-electron chi connectivity index (χ4n) is 2.59. The minimum absolute atomic E-state index is 0.0274. The molecule has 6 heteroatoms. The van der Waals surface area contributed by atoms with Gasteiger partial charge < -0.3 is 15.6 Å². The molecule has 1 unspecified atom stereocenters. The van der Waals surface area contributed by atoms with E-state index in [1.165, 1.54) is 19.3 Å². The predicted molar refractivity (Wildman–Crippen MR) is 75.0 cm³/mol. The second-order valence-electron chi connectivity index (χ2n) is 5.51. The van der Waals surface area contributed by atoms with Crippen molar-refractivity contribution >= 4 is 5.91 Å². The molecule has 2 rings (SSSR count). The Balaban J connectivity index is 1.88. The highest BCUT2D eigenvalue weighted by atomic mass is 16.5. The molecule has 1 aliphatic rings. The summed E-state index contributed by atoms with van der Waals surface area (Å²) in [7, 11) is 0. The molecule has 3 N–H and O–H groups in total. The standard InChI is InChI=1S/C14H24N4O2/c1-10(16-12(19)8-5-9-15)14-17-13(18-20-14)11-6-3-2-4-7-11/h10-11H,2-9,15H2,1H3,(H,16,19). The first kappa shape index (κ1) is 15.0. The lowest BCUT2D eigenvalue weighted by atomic mass is 9.89. The molecular formula is C14H24N4O2. The topological polar surface area (TPSA) is 94.0 Å². The molecule has 20 heavy (non-hydrogen) atoms. The monoisotopic (exact) mass is 280 g/mol. The third kappa shape index (κ3) is 4.03. The smallest absolute Gasteiger partial charge is 0.248 e. The molecule has 0 aliphatic heterocycles. The molecule has 1 fully saturated rings. The van der Waals surface area contributed by atoms with Crippen LogP contribution in [0, 0.1) is 0 Å². The van der Waals surface area contributed by atoms with Crippen molar-refractivity contribution in [1.82, 2.24) is 15.5 Å². The molecule has 0 saturated heterocycles. The summed E-state index contributed by atoms with van der Waals surface area (Å²) >= 11 is 0. The van der Waals surface area contributed by atoms with Crippen LogP contribution in [0.3, 0.4) is 0 Å². The molecule has 0 aromatic carbocycles. The number of amides is 1. The molecule has 1 aromatic rings. The molecule has 1 atom stereocenters. The normalized spacial score (nSPS) is 17.9. The van der Waals surface area contributed by atoms with E-state index in [-0.39, 0.29) is 11.9 Å². The predicted octanol–water partition coefficient (Wildman–Crippen LogP) is 2.03. The second kappa shape index (κ2) is 7.38. The summed E-state index contributed by atoms with van der Waals surface area (Å²) in [5.74, 6) is 1.68. The zero-order chi connectivity index (χ0) is 14.4. The first-order valence-corrected chi connectivity index (χ1v) is 7.53. The van der Waals surface area contributed by atoms with Crippen molar-refractivity contribution in [3.63, 3.8) is 0 Å². The molecule has 1 heterocycles. The van der Waals surface area contributed by atoms with Crippen molar-refractivity contribution < 1.29 is 9.32 Å². The van der Waals surface area contributed by atoms with E-state index >= 15 is 0 Å². The Morgan fingerprint density at radius 3 is 2.90 bits per heavy atom. The first-order valence-electron chi connectivity index (χ1n) is 7.53. The molecule has 6 nitrogen and oxygen atoms in total. The van der Waals surface area contributed by atoms with Crippen LogP contribution in [0.25, 0.3) is 0 Å². The third-order valence-electron chi connectivity index (χ3n) is 3.78. The fourth-order valence-corrected chi connectivity index (χ4v) is 2.59. The number of hydrogen-bond acceptors (Lipinski definition) is 5. The second-order valence-corrected chi connectivity index (χ2v) is 5.51. The average Bonchev–Trinajstić information content (AvgIpc) is 2.96. The van der Waals surface area contributed by atoms with Crippen LogP contribution in [0.4, 0.5) is 0 Å². The van der Waals surface area contributed by atoms with E-state index in [1.54, 1.807) is 0 Å². The molecule has 1 aromatic heterocycles. The zero-order valence-corrected chi connectivity index (χ0v) is 12.1. The fraction of sp³-hybridized carbons (Fsp3) is 0.786. The van der Waals surface area contributed by atoms with E-state index in [0.717, 1.165) is 18.7 Å². The first-order chi connectivity index (χ1) is 9.70. The van der Waals surface area contributed by atoms with E-state index in [1.807, 2.05) is 6.92 Å². The number of rotatable bonds is 6. The lowest BCUT2D eigenvalue weighted by molar-refractivity contribution is -0.121. The van der Waals surface area contributed by atoms with Crippen LogP contribution < -0.4 is 11.1 Å². The van der Waals surface area contributed by atoms with Crippen LogP contribution in [-0.4, -0.2) is 22.6 Å². The Labute approximate surface area is 119 Å². The van der Waals surface area contributed by atoms with Crippen LogP contribution >= 0.6 is 0 Å². The molecule has 1 amide bonds. The lowest BCUT2D eigenvalue weighted by Crippen LogP contribution is -2.27. The Morgan fingerprint density at radius 1 is 1.45 bits per heavy atom. The summed E-state index contributed by atoms with van der Waals surface area (Å²) in [5.41, 5.74) is 5.38. The maximum atomic E-state index is 11.6. The highest BCUT2D eigenvalue weighted by Crippen LogP contribution is 2.31. The number of hydrogen-bond donors (Lipinski definition) is 2. The number of nitrogens with two attached hydrogens (primary N) is 1. The summed E-state index contributed by atoms with van der Waals surface area (Å²) < 4.78 is 5.28. The number of aromatic nitrogens is 2. The van der Waals surface area contributed by atoms with Crippen LogP contribution in [0.15, 0.2) is 4.52 Å². The average molecular weight is 280 g/mol. The number of carbonyl (C=O) groups excluding carboxylic acids is 1. The van der Waals surface area contributed by atoms with Gasteiger partial charge in [-0.15, -0.1) is 0 Å². The van der Waals surface area contributed by atoms with E-state index < -0.39 is 0 Å². The van der Waals surface area contributed by atoms with Gasteiger partial charge in [-0.05, 0) is 32.7 Å². The number of carbonyl (C=O) groups is 1. The van der Waals surface area contributed by atoms with Gasteiger partial charge in [0, 0.05) is 12.3 Å². The van der Waals surface area contributed by atoms with E-state index in [2.05, 4.69) is 15.5 Å². The minimum Gasteiger partial charge on any atom is -0.345 e. The van der Waals surface area contributed by atoms with Gasteiger partial charge in [-0.3, -0.25) is 4.79 Å². The van der Waals surface area contributed by atoms with Crippen molar-refractivity contribution in [3.8, 4) is 0 Å². The van der Waals surface area contributed by atoms with Crippen molar-refractivity contribution in [1.29, 1.82) is 0 Å². The van der Waals surface area contributed by atoms with Gasteiger partial charge in [-0.1, -0.05) is 24.4 Å². The van der Waals surface area contributed by atoms with Gasteiger partial charge in [0.25, 0.3) is 0 Å². The lowest BCUT2D eigenvalue weighted by Gasteiger charge is -2.17. The van der Waals surface area contributed by atoms with Gasteiger partial charge in [0.15, 0.2) is 5.82 Å². The molecule has 112 valence electrons. The summed E-state index contributed by atoms with van der Waals surface area (Å²) in [6, 6.07) is -0.245. The van der Waals surface area contributed by atoms with Crippen molar-refractivity contribution in [2.75, 3.05) is 6.54 Å². The van der Waals surface area contributed by atoms with Gasteiger partial charge in [0.05, 0.1) is 0 Å². The number of nitrogens with zero attached hydrogens (tertiary/aromatic N) is 2. The van der Waals surface area contributed by atoms with Crippen LogP contribution in [0.2, 0.25) is 0 Å². The maximum absolute atomic E-state index is 11.6. The molecule has 0 spiro atoms.